The number of benzene rings is 1. The van der Waals surface area contributed by atoms with Crippen molar-refractivity contribution in [1.82, 2.24) is 10.2 Å². The molecule has 1 heterocycles. The van der Waals surface area contributed by atoms with E-state index in [9.17, 15) is 0 Å². The van der Waals surface area contributed by atoms with Crippen molar-refractivity contribution >= 4 is 23.2 Å². The van der Waals surface area contributed by atoms with Crippen molar-refractivity contribution in [3.63, 3.8) is 0 Å². The van der Waals surface area contributed by atoms with E-state index in [0.29, 0.717) is 6.04 Å². The van der Waals surface area contributed by atoms with Crippen LogP contribution in [0, 0.1) is 0 Å². The van der Waals surface area contributed by atoms with Gasteiger partial charge in [0.2, 0.25) is 0 Å². The first kappa shape index (κ1) is 13.2. The third kappa shape index (κ3) is 3.85. The van der Waals surface area contributed by atoms with Gasteiger partial charge in [0.25, 0.3) is 0 Å². The van der Waals surface area contributed by atoms with Gasteiger partial charge in [-0.3, -0.25) is 4.90 Å². The highest BCUT2D eigenvalue weighted by Crippen LogP contribution is 2.21. The molecule has 2 nitrogen and oxygen atoms in total. The molecule has 1 aromatic rings. The molecule has 2 rings (SSSR count). The van der Waals surface area contributed by atoms with Crippen LogP contribution in [0.25, 0.3) is 0 Å². The molecule has 1 unspecified atom stereocenters. The lowest BCUT2D eigenvalue weighted by Gasteiger charge is -2.32. The van der Waals surface area contributed by atoms with Crippen LogP contribution in [0.2, 0.25) is 10.0 Å². The Bertz CT molecular complexity index is 361. The number of hydrogen-bond donors (Lipinski definition) is 1. The third-order valence-corrected chi connectivity index (χ3v) is 3.68. The van der Waals surface area contributed by atoms with Crippen molar-refractivity contribution in [2.24, 2.45) is 0 Å². The summed E-state index contributed by atoms with van der Waals surface area (Å²) in [6.45, 7) is 3.18. The number of nitrogens with zero attached hydrogens (tertiary/aromatic N) is 1. The van der Waals surface area contributed by atoms with Gasteiger partial charge < -0.3 is 5.32 Å². The molecule has 0 aliphatic carbocycles. The molecule has 0 radical (unpaired) electrons. The van der Waals surface area contributed by atoms with Crippen LogP contribution in [0.4, 0.5) is 0 Å². The number of rotatable bonds is 3. The van der Waals surface area contributed by atoms with Crippen LogP contribution in [0.3, 0.4) is 0 Å². The highest BCUT2D eigenvalue weighted by Gasteiger charge is 2.18. The van der Waals surface area contributed by atoms with Crippen LogP contribution in [0.1, 0.15) is 18.4 Å². The Morgan fingerprint density at radius 2 is 2.00 bits per heavy atom. The maximum atomic E-state index is 6.01. The molecule has 0 bridgehead atoms. The van der Waals surface area contributed by atoms with Crippen molar-refractivity contribution in [2.45, 2.75) is 25.4 Å². The summed E-state index contributed by atoms with van der Waals surface area (Å²) in [5, 5.41) is 4.78. The van der Waals surface area contributed by atoms with Gasteiger partial charge in [-0.15, -0.1) is 0 Å². The predicted molar refractivity (Wildman–Crippen MR) is 73.8 cm³/mol. The Balaban J connectivity index is 2.00. The van der Waals surface area contributed by atoms with Crippen molar-refractivity contribution in [2.75, 3.05) is 20.1 Å². The van der Waals surface area contributed by atoms with Gasteiger partial charge in [-0.1, -0.05) is 23.2 Å². The average molecular weight is 273 g/mol. The molecular weight excluding hydrogens is 255 g/mol. The van der Waals surface area contributed by atoms with Gasteiger partial charge in [0, 0.05) is 29.2 Å². The smallest absolute Gasteiger partial charge is 0.0424 e. The van der Waals surface area contributed by atoms with E-state index < -0.39 is 0 Å². The van der Waals surface area contributed by atoms with E-state index in [0.717, 1.165) is 29.7 Å². The van der Waals surface area contributed by atoms with Crippen LogP contribution in [0.15, 0.2) is 18.2 Å². The van der Waals surface area contributed by atoms with Gasteiger partial charge in [0.1, 0.15) is 0 Å². The molecule has 0 amide bonds. The van der Waals surface area contributed by atoms with Crippen LogP contribution in [0.5, 0.6) is 0 Å². The first-order chi connectivity index (χ1) is 8.17. The van der Waals surface area contributed by atoms with Crippen LogP contribution < -0.4 is 5.32 Å². The van der Waals surface area contributed by atoms with E-state index in [1.54, 1.807) is 6.07 Å². The molecule has 1 fully saturated rings. The maximum absolute atomic E-state index is 6.01. The summed E-state index contributed by atoms with van der Waals surface area (Å²) in [4.78, 5) is 2.45. The second-order valence-corrected chi connectivity index (χ2v) is 5.51. The molecule has 1 N–H and O–H groups in total. The quantitative estimate of drug-likeness (QED) is 0.910. The summed E-state index contributed by atoms with van der Waals surface area (Å²) >= 11 is 12.0. The zero-order valence-corrected chi connectivity index (χ0v) is 11.6. The minimum Gasteiger partial charge on any atom is -0.316 e. The van der Waals surface area contributed by atoms with Gasteiger partial charge in [-0.25, -0.2) is 0 Å². The largest absolute Gasteiger partial charge is 0.316 e. The van der Waals surface area contributed by atoms with Gasteiger partial charge in [-0.05, 0) is 50.2 Å². The monoisotopic (exact) mass is 272 g/mol. The lowest BCUT2D eigenvalue weighted by Crippen LogP contribution is -2.43. The Morgan fingerprint density at radius 1 is 1.29 bits per heavy atom. The van der Waals surface area contributed by atoms with Crippen molar-refractivity contribution in [3.8, 4) is 0 Å². The molecule has 0 spiro atoms. The first-order valence-corrected chi connectivity index (χ1v) is 6.77. The first-order valence-electron chi connectivity index (χ1n) is 6.02. The van der Waals surface area contributed by atoms with Gasteiger partial charge in [-0.2, -0.15) is 0 Å². The van der Waals surface area contributed by atoms with Crippen molar-refractivity contribution in [1.29, 1.82) is 0 Å². The summed E-state index contributed by atoms with van der Waals surface area (Å²) in [7, 11) is 2.03. The molecular formula is C13H18Cl2N2. The summed E-state index contributed by atoms with van der Waals surface area (Å²) in [6, 6.07) is 6.38. The molecule has 0 aromatic heterocycles. The standard InChI is InChI=1S/C13H18Cl2N2/c1-16-13-3-2-4-17(9-13)8-10-5-11(14)7-12(15)6-10/h5-7,13,16H,2-4,8-9H2,1H3. The van der Waals surface area contributed by atoms with Crippen molar-refractivity contribution < 1.29 is 0 Å². The minimum absolute atomic E-state index is 0.610. The molecule has 1 aliphatic rings. The second-order valence-electron chi connectivity index (χ2n) is 4.64. The SMILES string of the molecule is CNC1CCCN(Cc2cc(Cl)cc(Cl)c2)C1. The van der Waals surface area contributed by atoms with Crippen LogP contribution >= 0.6 is 23.2 Å². The lowest BCUT2D eigenvalue weighted by atomic mass is 10.1. The molecule has 1 atom stereocenters. The van der Waals surface area contributed by atoms with Gasteiger partial charge in [0.15, 0.2) is 0 Å². The Kier molecular flexibility index (Phi) is 4.69. The minimum atomic E-state index is 0.610. The fourth-order valence-electron chi connectivity index (χ4n) is 2.40. The molecule has 4 heteroatoms. The van der Waals surface area contributed by atoms with Gasteiger partial charge in [0.05, 0.1) is 0 Å². The van der Waals surface area contributed by atoms with E-state index in [4.69, 9.17) is 23.2 Å². The third-order valence-electron chi connectivity index (χ3n) is 3.24. The van der Waals surface area contributed by atoms with E-state index in [2.05, 4.69) is 10.2 Å². The Morgan fingerprint density at radius 3 is 2.65 bits per heavy atom. The normalized spacial score (nSPS) is 21.7. The van der Waals surface area contributed by atoms with Crippen LogP contribution in [-0.4, -0.2) is 31.1 Å². The van der Waals surface area contributed by atoms with E-state index in [-0.39, 0.29) is 0 Å². The number of likely N-dealkylation sites (N-methyl/N-ethyl adjacent to an activating group) is 1. The maximum Gasteiger partial charge on any atom is 0.0424 e. The van der Waals surface area contributed by atoms with E-state index in [1.165, 1.54) is 18.4 Å². The molecule has 1 aromatic carbocycles. The predicted octanol–water partition coefficient (Wildman–Crippen LogP) is 3.18. The van der Waals surface area contributed by atoms with E-state index >= 15 is 0 Å². The molecule has 0 saturated carbocycles. The summed E-state index contributed by atoms with van der Waals surface area (Å²) in [5.41, 5.74) is 1.19. The number of halogens is 2. The van der Waals surface area contributed by atoms with Gasteiger partial charge >= 0.3 is 0 Å². The Labute approximate surface area is 113 Å². The summed E-state index contributed by atoms with van der Waals surface area (Å²) < 4.78 is 0. The van der Waals surface area contributed by atoms with Crippen LogP contribution in [-0.2, 0) is 6.54 Å². The lowest BCUT2D eigenvalue weighted by molar-refractivity contribution is 0.188. The molecule has 1 aliphatic heterocycles. The molecule has 94 valence electrons. The van der Waals surface area contributed by atoms with Crippen molar-refractivity contribution in [3.05, 3.63) is 33.8 Å². The highest BCUT2D eigenvalue weighted by molar-refractivity contribution is 6.34. The zero-order valence-electron chi connectivity index (χ0n) is 10.0. The number of likely N-dealkylation sites (tertiary alicyclic amines) is 1. The molecule has 17 heavy (non-hydrogen) atoms. The average Bonchev–Trinajstić information content (AvgIpc) is 2.28. The molecule has 1 saturated heterocycles. The number of piperidine rings is 1. The Hall–Kier alpha value is -0.280. The summed E-state index contributed by atoms with van der Waals surface area (Å²) in [6.07, 6.45) is 2.52. The topological polar surface area (TPSA) is 15.3 Å². The number of hydrogen-bond acceptors (Lipinski definition) is 2. The number of nitrogens with one attached hydrogen (secondary N) is 1. The highest BCUT2D eigenvalue weighted by atomic mass is 35.5. The summed E-state index contributed by atoms with van der Waals surface area (Å²) in [5.74, 6) is 0. The second kappa shape index (κ2) is 6.05. The fraction of sp³-hybridized carbons (Fsp3) is 0.538. The zero-order chi connectivity index (χ0) is 12.3. The van der Waals surface area contributed by atoms with E-state index in [1.807, 2.05) is 19.2 Å². The fourth-order valence-corrected chi connectivity index (χ4v) is 2.97.